The maximum Gasteiger partial charge on any atom is 0.253 e. The minimum absolute atomic E-state index is 0. The summed E-state index contributed by atoms with van der Waals surface area (Å²) in [6.45, 7) is 1.57. The number of hydrogen-bond acceptors (Lipinski definition) is 3. The van der Waals surface area contributed by atoms with Gasteiger partial charge < -0.3 is 20.4 Å². The number of benzene rings is 1. The Bertz CT molecular complexity index is 594. The second-order valence-electron chi connectivity index (χ2n) is 7.07. The predicted octanol–water partition coefficient (Wildman–Crippen LogP) is 2.01. The van der Waals surface area contributed by atoms with Crippen LogP contribution >= 0.6 is 24.0 Å². The first-order valence-electron chi connectivity index (χ1n) is 8.84. The third kappa shape index (κ3) is 6.75. The lowest BCUT2D eigenvalue weighted by Gasteiger charge is -2.25. The highest BCUT2D eigenvalue weighted by molar-refractivity contribution is 14.0. The van der Waals surface area contributed by atoms with E-state index in [1.54, 1.807) is 26.0 Å². The van der Waals surface area contributed by atoms with Crippen molar-refractivity contribution >= 4 is 35.8 Å². The topological polar surface area (TPSA) is 60.0 Å². The van der Waals surface area contributed by atoms with Crippen LogP contribution in [0, 0.1) is 5.92 Å². The molecule has 0 radical (unpaired) electrons. The molecule has 1 saturated carbocycles. The molecule has 1 aromatic carbocycles. The first-order valence-corrected chi connectivity index (χ1v) is 8.84. The molecule has 1 atom stereocenters. The summed E-state index contributed by atoms with van der Waals surface area (Å²) >= 11 is 0. The Morgan fingerprint density at radius 3 is 2.23 bits per heavy atom. The summed E-state index contributed by atoms with van der Waals surface area (Å²) < 4.78 is 0. The molecular weight excluding hydrogens is 441 g/mol. The summed E-state index contributed by atoms with van der Waals surface area (Å²) in [6, 6.07) is 8.23. The van der Waals surface area contributed by atoms with Gasteiger partial charge in [-0.15, -0.1) is 24.0 Å². The largest absolute Gasteiger partial charge is 0.355 e. The van der Waals surface area contributed by atoms with E-state index in [2.05, 4.69) is 34.6 Å². The minimum atomic E-state index is 0. The van der Waals surface area contributed by atoms with Gasteiger partial charge in [0.25, 0.3) is 5.91 Å². The number of aliphatic imine (C=N–C) groups is 1. The lowest BCUT2D eigenvalue weighted by atomic mass is 10.1. The van der Waals surface area contributed by atoms with Crippen molar-refractivity contribution in [1.29, 1.82) is 0 Å². The zero-order valence-corrected chi connectivity index (χ0v) is 18.8. The Balaban J connectivity index is 0.00000338. The molecule has 2 N–H and O–H groups in total. The molecule has 0 aliphatic heterocycles. The van der Waals surface area contributed by atoms with Gasteiger partial charge >= 0.3 is 0 Å². The van der Waals surface area contributed by atoms with Crippen molar-refractivity contribution < 1.29 is 4.79 Å². The molecule has 146 valence electrons. The molecule has 2 rings (SSSR count). The van der Waals surface area contributed by atoms with Crippen LogP contribution in [0.25, 0.3) is 0 Å². The van der Waals surface area contributed by atoms with Crippen molar-refractivity contribution in [1.82, 2.24) is 20.4 Å². The van der Waals surface area contributed by atoms with Crippen molar-refractivity contribution in [2.75, 3.05) is 41.8 Å². The van der Waals surface area contributed by atoms with Crippen LogP contribution < -0.4 is 10.6 Å². The van der Waals surface area contributed by atoms with E-state index < -0.39 is 0 Å². The van der Waals surface area contributed by atoms with Crippen LogP contribution in [-0.4, -0.2) is 69.5 Å². The van der Waals surface area contributed by atoms with Gasteiger partial charge in [-0.3, -0.25) is 9.79 Å². The number of guanidine groups is 1. The Labute approximate surface area is 174 Å². The first kappa shape index (κ1) is 22.7. The van der Waals surface area contributed by atoms with E-state index >= 15 is 0 Å². The Hall–Kier alpha value is -1.35. The standard InChI is InChI=1S/C19H31N5O.HI/c1-20-19(22-13-17(23(2)3)15-10-11-15)21-12-14-6-8-16(9-7-14)18(25)24(4)5;/h6-9,15,17H,10-13H2,1-5H3,(H2,20,21,22);1H. The van der Waals surface area contributed by atoms with Gasteiger partial charge in [-0.1, -0.05) is 12.1 Å². The zero-order valence-electron chi connectivity index (χ0n) is 16.5. The number of likely N-dealkylation sites (N-methyl/N-ethyl adjacent to an activating group) is 1. The molecule has 6 nitrogen and oxygen atoms in total. The van der Waals surface area contributed by atoms with Crippen LogP contribution in [0.1, 0.15) is 28.8 Å². The molecular formula is C19H32IN5O. The Morgan fingerprint density at radius 1 is 1.15 bits per heavy atom. The second-order valence-corrected chi connectivity index (χ2v) is 7.07. The number of carbonyl (C=O) groups is 1. The molecule has 1 aliphatic rings. The maximum absolute atomic E-state index is 11.9. The minimum Gasteiger partial charge on any atom is -0.355 e. The summed E-state index contributed by atoms with van der Waals surface area (Å²) in [7, 11) is 9.58. The van der Waals surface area contributed by atoms with E-state index in [4.69, 9.17) is 0 Å². The van der Waals surface area contributed by atoms with E-state index in [0.29, 0.717) is 18.2 Å². The van der Waals surface area contributed by atoms with Crippen LogP contribution in [-0.2, 0) is 6.54 Å². The number of halogens is 1. The lowest BCUT2D eigenvalue weighted by molar-refractivity contribution is 0.0827. The molecule has 1 amide bonds. The van der Waals surface area contributed by atoms with Crippen molar-refractivity contribution in [3.63, 3.8) is 0 Å². The van der Waals surface area contributed by atoms with Crippen molar-refractivity contribution in [2.24, 2.45) is 10.9 Å². The van der Waals surface area contributed by atoms with Crippen LogP contribution in [0.3, 0.4) is 0 Å². The molecule has 0 aromatic heterocycles. The second kappa shape index (κ2) is 10.7. The maximum atomic E-state index is 11.9. The molecule has 0 spiro atoms. The van der Waals surface area contributed by atoms with Crippen molar-refractivity contribution in [3.8, 4) is 0 Å². The molecule has 0 bridgehead atoms. The third-order valence-corrected chi connectivity index (χ3v) is 4.60. The van der Waals surface area contributed by atoms with E-state index in [0.717, 1.165) is 24.0 Å². The SMILES string of the molecule is CN=C(NCc1ccc(C(=O)N(C)C)cc1)NCC(C1CC1)N(C)C.I. The quantitative estimate of drug-likeness (QED) is 0.362. The summed E-state index contributed by atoms with van der Waals surface area (Å²) in [5.74, 6) is 1.63. The van der Waals surface area contributed by atoms with Crippen LogP contribution in [0.2, 0.25) is 0 Å². The smallest absolute Gasteiger partial charge is 0.253 e. The molecule has 0 saturated heterocycles. The number of carbonyl (C=O) groups excluding carboxylic acids is 1. The summed E-state index contributed by atoms with van der Waals surface area (Å²) in [4.78, 5) is 20.1. The van der Waals surface area contributed by atoms with E-state index in [9.17, 15) is 4.79 Å². The van der Waals surface area contributed by atoms with E-state index in [1.807, 2.05) is 24.3 Å². The Morgan fingerprint density at radius 2 is 1.77 bits per heavy atom. The van der Waals surface area contributed by atoms with Gasteiger partial charge in [0.2, 0.25) is 0 Å². The van der Waals surface area contributed by atoms with Crippen LogP contribution in [0.15, 0.2) is 29.3 Å². The zero-order chi connectivity index (χ0) is 18.4. The fraction of sp³-hybridized carbons (Fsp3) is 0.579. The molecule has 26 heavy (non-hydrogen) atoms. The number of nitrogens with one attached hydrogen (secondary N) is 2. The first-order chi connectivity index (χ1) is 11.9. The average molecular weight is 473 g/mol. The van der Waals surface area contributed by atoms with Gasteiger partial charge in [-0.25, -0.2) is 0 Å². The number of nitrogens with zero attached hydrogens (tertiary/aromatic N) is 3. The fourth-order valence-electron chi connectivity index (χ4n) is 2.88. The summed E-state index contributed by atoms with van der Waals surface area (Å²) in [6.07, 6.45) is 2.66. The molecule has 0 heterocycles. The predicted molar refractivity (Wildman–Crippen MR) is 118 cm³/mol. The molecule has 1 aliphatic carbocycles. The van der Waals surface area contributed by atoms with Crippen molar-refractivity contribution in [2.45, 2.75) is 25.4 Å². The van der Waals surface area contributed by atoms with Gasteiger partial charge in [0, 0.05) is 45.8 Å². The van der Waals surface area contributed by atoms with Gasteiger partial charge in [-0.05, 0) is 50.6 Å². The molecule has 1 unspecified atom stereocenters. The highest BCUT2D eigenvalue weighted by Gasteiger charge is 2.32. The van der Waals surface area contributed by atoms with Gasteiger partial charge in [-0.2, -0.15) is 0 Å². The lowest BCUT2D eigenvalue weighted by Crippen LogP contribution is -2.45. The van der Waals surface area contributed by atoms with Crippen molar-refractivity contribution in [3.05, 3.63) is 35.4 Å². The van der Waals surface area contributed by atoms with Crippen LogP contribution in [0.4, 0.5) is 0 Å². The Kier molecular flexibility index (Phi) is 9.35. The molecule has 1 fully saturated rings. The normalized spacial score (nSPS) is 15.2. The highest BCUT2D eigenvalue weighted by Crippen LogP contribution is 2.34. The van der Waals surface area contributed by atoms with Gasteiger partial charge in [0.05, 0.1) is 0 Å². The van der Waals surface area contributed by atoms with E-state index in [1.165, 1.54) is 12.8 Å². The summed E-state index contributed by atoms with van der Waals surface area (Å²) in [5.41, 5.74) is 1.82. The van der Waals surface area contributed by atoms with Gasteiger partial charge in [0.1, 0.15) is 0 Å². The third-order valence-electron chi connectivity index (χ3n) is 4.60. The molecule has 1 aromatic rings. The number of amides is 1. The monoisotopic (exact) mass is 473 g/mol. The highest BCUT2D eigenvalue weighted by atomic mass is 127. The fourth-order valence-corrected chi connectivity index (χ4v) is 2.88. The number of rotatable bonds is 7. The number of hydrogen-bond donors (Lipinski definition) is 2. The molecule has 7 heteroatoms. The summed E-state index contributed by atoms with van der Waals surface area (Å²) in [5, 5.41) is 6.76. The average Bonchev–Trinajstić information content (AvgIpc) is 3.42. The van der Waals surface area contributed by atoms with E-state index in [-0.39, 0.29) is 29.9 Å². The van der Waals surface area contributed by atoms with Crippen LogP contribution in [0.5, 0.6) is 0 Å². The van der Waals surface area contributed by atoms with Gasteiger partial charge in [0.15, 0.2) is 5.96 Å².